The third kappa shape index (κ3) is 5.22. The lowest BCUT2D eigenvalue weighted by Crippen LogP contribution is -2.40. The fourth-order valence-corrected chi connectivity index (χ4v) is 4.11. The number of hydrogen-bond acceptors (Lipinski definition) is 5. The van der Waals surface area contributed by atoms with Gasteiger partial charge in [-0.2, -0.15) is 4.98 Å². The van der Waals surface area contributed by atoms with E-state index in [1.807, 2.05) is 41.3 Å². The van der Waals surface area contributed by atoms with Crippen LogP contribution in [0.1, 0.15) is 52.9 Å². The Balaban J connectivity index is 1.48. The van der Waals surface area contributed by atoms with E-state index in [-0.39, 0.29) is 11.8 Å². The van der Waals surface area contributed by atoms with Crippen LogP contribution in [0.2, 0.25) is 0 Å². The lowest BCUT2D eigenvalue weighted by molar-refractivity contribution is -0.131. The van der Waals surface area contributed by atoms with Crippen molar-refractivity contribution in [2.75, 3.05) is 19.6 Å². The number of rotatable bonds is 6. The summed E-state index contributed by atoms with van der Waals surface area (Å²) in [6, 6.07) is 18.9. The van der Waals surface area contributed by atoms with E-state index >= 15 is 0 Å². The van der Waals surface area contributed by atoms with E-state index in [9.17, 15) is 9.59 Å². The SMILES string of the molecule is Cc1noc(C2CN(C(=O)CCCc3ccccc3)CCCN2C(=O)c2ccccc2)n1. The fourth-order valence-electron chi connectivity index (χ4n) is 4.11. The fraction of sp³-hybridized carbons (Fsp3) is 0.360. The second kappa shape index (κ2) is 10.2. The van der Waals surface area contributed by atoms with E-state index in [1.54, 1.807) is 24.0 Å². The Morgan fingerprint density at radius 1 is 1.03 bits per heavy atom. The summed E-state index contributed by atoms with van der Waals surface area (Å²) in [6.45, 7) is 3.23. The summed E-state index contributed by atoms with van der Waals surface area (Å²) in [7, 11) is 0. The molecule has 1 saturated heterocycles. The van der Waals surface area contributed by atoms with Gasteiger partial charge < -0.3 is 14.3 Å². The Labute approximate surface area is 188 Å². The molecule has 0 bridgehead atoms. The average molecular weight is 433 g/mol. The minimum atomic E-state index is -0.468. The second-order valence-electron chi connectivity index (χ2n) is 8.09. The molecule has 4 rings (SSSR count). The monoisotopic (exact) mass is 432 g/mol. The van der Waals surface area contributed by atoms with Crippen LogP contribution >= 0.6 is 0 Å². The van der Waals surface area contributed by atoms with Gasteiger partial charge in [0.15, 0.2) is 5.82 Å². The van der Waals surface area contributed by atoms with Crippen LogP contribution in [-0.2, 0) is 11.2 Å². The van der Waals surface area contributed by atoms with E-state index in [2.05, 4.69) is 22.3 Å². The summed E-state index contributed by atoms with van der Waals surface area (Å²) in [6.07, 6.45) is 2.82. The summed E-state index contributed by atoms with van der Waals surface area (Å²) < 4.78 is 5.45. The number of aromatic nitrogens is 2. The lowest BCUT2D eigenvalue weighted by atomic mass is 10.1. The van der Waals surface area contributed by atoms with Crippen molar-refractivity contribution in [2.45, 2.75) is 38.6 Å². The molecule has 1 aliphatic rings. The maximum atomic E-state index is 13.3. The third-order valence-electron chi connectivity index (χ3n) is 5.76. The molecule has 2 heterocycles. The summed E-state index contributed by atoms with van der Waals surface area (Å²) in [5.74, 6) is 0.883. The van der Waals surface area contributed by atoms with Crippen LogP contribution in [0.3, 0.4) is 0 Å². The van der Waals surface area contributed by atoms with Crippen molar-refractivity contribution in [2.24, 2.45) is 0 Å². The normalized spacial score (nSPS) is 16.6. The third-order valence-corrected chi connectivity index (χ3v) is 5.76. The van der Waals surface area contributed by atoms with Gasteiger partial charge >= 0.3 is 0 Å². The molecule has 32 heavy (non-hydrogen) atoms. The number of hydrogen-bond donors (Lipinski definition) is 0. The predicted molar refractivity (Wildman–Crippen MR) is 120 cm³/mol. The van der Waals surface area contributed by atoms with Crippen LogP contribution in [0, 0.1) is 6.92 Å². The summed E-state index contributed by atoms with van der Waals surface area (Å²) in [5.41, 5.74) is 1.84. The van der Waals surface area contributed by atoms with E-state index in [1.165, 1.54) is 5.56 Å². The van der Waals surface area contributed by atoms with Crippen molar-refractivity contribution in [3.8, 4) is 0 Å². The van der Waals surface area contributed by atoms with Crippen LogP contribution in [0.5, 0.6) is 0 Å². The van der Waals surface area contributed by atoms with Gasteiger partial charge in [-0.3, -0.25) is 9.59 Å². The number of benzene rings is 2. The smallest absolute Gasteiger partial charge is 0.254 e. The molecular weight excluding hydrogens is 404 g/mol. The Bertz CT molecular complexity index is 1040. The highest BCUT2D eigenvalue weighted by Gasteiger charge is 2.35. The van der Waals surface area contributed by atoms with Crippen LogP contribution in [0.15, 0.2) is 65.2 Å². The zero-order valence-electron chi connectivity index (χ0n) is 18.3. The molecule has 0 aliphatic carbocycles. The highest BCUT2D eigenvalue weighted by molar-refractivity contribution is 5.94. The van der Waals surface area contributed by atoms with Crippen LogP contribution in [-0.4, -0.2) is 51.4 Å². The van der Waals surface area contributed by atoms with Gasteiger partial charge in [-0.25, -0.2) is 0 Å². The highest BCUT2D eigenvalue weighted by Crippen LogP contribution is 2.26. The molecule has 2 aromatic carbocycles. The molecule has 1 fully saturated rings. The molecule has 0 N–H and O–H groups in total. The van der Waals surface area contributed by atoms with E-state index in [0.717, 1.165) is 12.8 Å². The van der Waals surface area contributed by atoms with Gasteiger partial charge in [0.25, 0.3) is 11.8 Å². The van der Waals surface area contributed by atoms with Crippen LogP contribution < -0.4 is 0 Å². The first-order chi connectivity index (χ1) is 15.6. The topological polar surface area (TPSA) is 79.5 Å². The van der Waals surface area contributed by atoms with Crippen molar-refractivity contribution >= 4 is 11.8 Å². The number of amides is 2. The standard InChI is InChI=1S/C25H28N4O3/c1-19-26-24(32-27-19)22-18-28(23(30)15-8-12-20-10-4-2-5-11-20)16-9-17-29(22)25(31)21-13-6-3-7-14-21/h2-7,10-11,13-14,22H,8-9,12,15-18H2,1H3. The van der Waals surface area contributed by atoms with Crippen LogP contribution in [0.4, 0.5) is 0 Å². The van der Waals surface area contributed by atoms with Crippen molar-refractivity contribution in [3.63, 3.8) is 0 Å². The number of carbonyl (C=O) groups excluding carboxylic acids is 2. The molecule has 1 unspecified atom stereocenters. The summed E-state index contributed by atoms with van der Waals surface area (Å²) >= 11 is 0. The minimum Gasteiger partial charge on any atom is -0.340 e. The van der Waals surface area contributed by atoms with Crippen molar-refractivity contribution in [1.82, 2.24) is 19.9 Å². The molecule has 1 atom stereocenters. The summed E-state index contributed by atoms with van der Waals surface area (Å²) in [4.78, 5) is 34.3. The molecule has 166 valence electrons. The molecule has 1 aliphatic heterocycles. The first-order valence-electron chi connectivity index (χ1n) is 11.1. The van der Waals surface area contributed by atoms with Crippen molar-refractivity contribution in [1.29, 1.82) is 0 Å². The van der Waals surface area contributed by atoms with Gasteiger partial charge in [0.05, 0.1) is 6.54 Å². The minimum absolute atomic E-state index is 0.0928. The van der Waals surface area contributed by atoms with Gasteiger partial charge in [0.2, 0.25) is 5.91 Å². The molecule has 2 amide bonds. The molecule has 3 aromatic rings. The van der Waals surface area contributed by atoms with E-state index < -0.39 is 6.04 Å². The van der Waals surface area contributed by atoms with Crippen molar-refractivity contribution in [3.05, 3.63) is 83.5 Å². The molecular formula is C25H28N4O3. The Hall–Kier alpha value is -3.48. The maximum Gasteiger partial charge on any atom is 0.254 e. The first kappa shape index (κ1) is 21.7. The van der Waals surface area contributed by atoms with Crippen LogP contribution in [0.25, 0.3) is 0 Å². The molecule has 0 saturated carbocycles. The van der Waals surface area contributed by atoms with E-state index in [0.29, 0.717) is 49.8 Å². The molecule has 0 radical (unpaired) electrons. The van der Waals surface area contributed by atoms with Gasteiger partial charge in [-0.1, -0.05) is 53.7 Å². The Kier molecular flexibility index (Phi) is 6.94. The van der Waals surface area contributed by atoms with E-state index in [4.69, 9.17) is 4.52 Å². The largest absolute Gasteiger partial charge is 0.340 e. The number of aryl methyl sites for hydroxylation is 2. The molecule has 7 heteroatoms. The van der Waals surface area contributed by atoms with Gasteiger partial charge in [-0.05, 0) is 43.9 Å². The zero-order valence-corrected chi connectivity index (χ0v) is 18.3. The first-order valence-corrected chi connectivity index (χ1v) is 11.1. The lowest BCUT2D eigenvalue weighted by Gasteiger charge is -2.29. The average Bonchev–Trinajstić information content (AvgIpc) is 3.13. The second-order valence-corrected chi connectivity index (χ2v) is 8.09. The molecule has 0 spiro atoms. The molecule has 1 aromatic heterocycles. The number of nitrogens with zero attached hydrogens (tertiary/aromatic N) is 4. The quantitative estimate of drug-likeness (QED) is 0.592. The Morgan fingerprint density at radius 3 is 2.44 bits per heavy atom. The highest BCUT2D eigenvalue weighted by atomic mass is 16.5. The number of carbonyl (C=O) groups is 2. The van der Waals surface area contributed by atoms with Crippen molar-refractivity contribution < 1.29 is 14.1 Å². The van der Waals surface area contributed by atoms with Gasteiger partial charge in [0, 0.05) is 25.1 Å². The Morgan fingerprint density at radius 2 is 1.75 bits per heavy atom. The van der Waals surface area contributed by atoms with Gasteiger partial charge in [0.1, 0.15) is 6.04 Å². The maximum absolute atomic E-state index is 13.3. The molecule has 7 nitrogen and oxygen atoms in total. The summed E-state index contributed by atoms with van der Waals surface area (Å²) in [5, 5.41) is 3.91. The predicted octanol–water partition coefficient (Wildman–Crippen LogP) is 3.82. The zero-order chi connectivity index (χ0) is 22.3. The van der Waals surface area contributed by atoms with Gasteiger partial charge in [-0.15, -0.1) is 0 Å².